The van der Waals surface area contributed by atoms with Gasteiger partial charge in [-0.2, -0.15) is 5.26 Å². The summed E-state index contributed by atoms with van der Waals surface area (Å²) in [4.78, 5) is 1.93. The average molecular weight is 335 g/mol. The third kappa shape index (κ3) is 2.85. The van der Waals surface area contributed by atoms with Crippen LogP contribution in [0.3, 0.4) is 0 Å². The van der Waals surface area contributed by atoms with Gasteiger partial charge in [0.05, 0.1) is 33.3 Å². The number of nitrogens with zero attached hydrogens (tertiary/aromatic N) is 2. The maximum Gasteiger partial charge on any atom is 0.101 e. The number of hydrogen-bond acceptors (Lipinski definition) is 4. The van der Waals surface area contributed by atoms with E-state index in [-0.39, 0.29) is 0 Å². The summed E-state index contributed by atoms with van der Waals surface area (Å²) in [5.74, 6) is 0. The molecule has 3 aromatic rings. The first kappa shape index (κ1) is 15.7. The Balaban J connectivity index is 2.24. The maximum absolute atomic E-state index is 9.08. The lowest BCUT2D eigenvalue weighted by atomic mass is 10.1. The number of hydrogen-bond donors (Lipinski definition) is 2. The van der Waals surface area contributed by atoms with E-state index < -0.39 is 0 Å². The van der Waals surface area contributed by atoms with E-state index in [0.29, 0.717) is 22.0 Å². The summed E-state index contributed by atoms with van der Waals surface area (Å²) >= 11 is 6.22. The second-order valence-corrected chi connectivity index (χ2v) is 5.64. The molecule has 0 fully saturated rings. The van der Waals surface area contributed by atoms with Crippen molar-refractivity contribution in [1.29, 1.82) is 5.26 Å². The van der Waals surface area contributed by atoms with Crippen molar-refractivity contribution in [2.24, 2.45) is 0 Å². The average Bonchev–Trinajstić information content (AvgIpc) is 2.58. The predicted octanol–water partition coefficient (Wildman–Crippen LogP) is 4.85. The SMILES string of the molecule is N#Cc1ccc(N(c2ccccc2N)c2ccccc2N)cc1Cl. The maximum atomic E-state index is 9.08. The highest BCUT2D eigenvalue weighted by Crippen LogP contribution is 2.41. The summed E-state index contributed by atoms with van der Waals surface area (Å²) < 4.78 is 0. The third-order valence-electron chi connectivity index (χ3n) is 3.69. The van der Waals surface area contributed by atoms with Gasteiger partial charge in [-0.15, -0.1) is 0 Å². The van der Waals surface area contributed by atoms with Crippen LogP contribution in [0.15, 0.2) is 66.7 Å². The molecule has 0 heterocycles. The van der Waals surface area contributed by atoms with E-state index in [0.717, 1.165) is 17.1 Å². The smallest absolute Gasteiger partial charge is 0.101 e. The standard InChI is InChI=1S/C19H15ClN4/c20-15-11-14(10-9-13(15)12-21)24(18-7-3-1-5-16(18)22)19-8-4-2-6-17(19)23/h1-11H,22-23H2. The zero-order chi connectivity index (χ0) is 17.1. The van der Waals surface area contributed by atoms with Gasteiger partial charge in [0.25, 0.3) is 0 Å². The largest absolute Gasteiger partial charge is 0.397 e. The molecule has 0 aromatic heterocycles. The molecule has 0 aliphatic carbocycles. The van der Waals surface area contributed by atoms with E-state index in [1.54, 1.807) is 12.1 Å². The first-order chi connectivity index (χ1) is 11.6. The monoisotopic (exact) mass is 334 g/mol. The number of nitriles is 1. The van der Waals surface area contributed by atoms with Gasteiger partial charge in [0, 0.05) is 5.69 Å². The minimum absolute atomic E-state index is 0.379. The Morgan fingerprint density at radius 2 is 1.38 bits per heavy atom. The van der Waals surface area contributed by atoms with Crippen molar-refractivity contribution in [3.63, 3.8) is 0 Å². The van der Waals surface area contributed by atoms with Crippen LogP contribution in [0.5, 0.6) is 0 Å². The Labute approximate surface area is 145 Å². The summed E-state index contributed by atoms with van der Waals surface area (Å²) in [7, 11) is 0. The molecule has 4 N–H and O–H groups in total. The third-order valence-corrected chi connectivity index (χ3v) is 4.00. The minimum atomic E-state index is 0.379. The molecule has 4 nitrogen and oxygen atoms in total. The van der Waals surface area contributed by atoms with Crippen molar-refractivity contribution in [2.75, 3.05) is 16.4 Å². The van der Waals surface area contributed by atoms with Crippen LogP contribution in [0, 0.1) is 11.3 Å². The number of nitrogen functional groups attached to an aromatic ring is 2. The first-order valence-corrected chi connectivity index (χ1v) is 7.68. The second kappa shape index (κ2) is 6.53. The molecular weight excluding hydrogens is 320 g/mol. The molecule has 0 aliphatic heterocycles. The van der Waals surface area contributed by atoms with Crippen molar-refractivity contribution in [3.8, 4) is 6.07 Å². The topological polar surface area (TPSA) is 79.1 Å². The number of rotatable bonds is 3. The van der Waals surface area contributed by atoms with Gasteiger partial charge in [-0.1, -0.05) is 35.9 Å². The quantitative estimate of drug-likeness (QED) is 0.671. The Bertz CT molecular complexity index is 885. The molecule has 5 heteroatoms. The fourth-order valence-corrected chi connectivity index (χ4v) is 2.74. The van der Waals surface area contributed by atoms with Gasteiger partial charge in [-0.3, -0.25) is 0 Å². The number of nitrogens with two attached hydrogens (primary N) is 2. The van der Waals surface area contributed by atoms with Crippen molar-refractivity contribution >= 4 is 40.0 Å². The van der Waals surface area contributed by atoms with Crippen LogP contribution in [0.25, 0.3) is 0 Å². The van der Waals surface area contributed by atoms with Crippen LogP contribution in [-0.4, -0.2) is 0 Å². The van der Waals surface area contributed by atoms with Crippen molar-refractivity contribution < 1.29 is 0 Å². The second-order valence-electron chi connectivity index (χ2n) is 5.23. The number of halogens is 1. The van der Waals surface area contributed by atoms with E-state index in [1.165, 1.54) is 0 Å². The minimum Gasteiger partial charge on any atom is -0.397 e. The molecule has 24 heavy (non-hydrogen) atoms. The molecule has 0 aliphatic rings. The summed E-state index contributed by atoms with van der Waals surface area (Å²) in [5, 5.41) is 9.46. The summed E-state index contributed by atoms with van der Waals surface area (Å²) in [5.41, 5.74) is 16.3. The Morgan fingerprint density at radius 1 is 0.833 bits per heavy atom. The van der Waals surface area contributed by atoms with Crippen molar-refractivity contribution in [2.45, 2.75) is 0 Å². The molecule has 118 valence electrons. The van der Waals surface area contributed by atoms with Crippen molar-refractivity contribution in [1.82, 2.24) is 0 Å². The van der Waals surface area contributed by atoms with Crippen LogP contribution in [0.1, 0.15) is 5.56 Å². The molecule has 0 saturated heterocycles. The predicted molar refractivity (Wildman–Crippen MR) is 99.7 cm³/mol. The van der Waals surface area contributed by atoms with Crippen LogP contribution < -0.4 is 16.4 Å². The summed E-state index contributed by atoms with van der Waals surface area (Å²) in [6.45, 7) is 0. The number of benzene rings is 3. The highest BCUT2D eigenvalue weighted by Gasteiger charge is 2.17. The summed E-state index contributed by atoms with van der Waals surface area (Å²) in [6, 6.07) is 22.3. The Morgan fingerprint density at radius 3 is 1.83 bits per heavy atom. The molecule has 0 atom stereocenters. The lowest BCUT2D eigenvalue weighted by molar-refractivity contribution is 1.28. The lowest BCUT2D eigenvalue weighted by Crippen LogP contribution is -2.13. The highest BCUT2D eigenvalue weighted by molar-refractivity contribution is 6.32. The van der Waals surface area contributed by atoms with E-state index in [2.05, 4.69) is 6.07 Å². The van der Waals surface area contributed by atoms with Crippen LogP contribution >= 0.6 is 11.6 Å². The molecule has 3 rings (SSSR count). The van der Waals surface area contributed by atoms with Gasteiger partial charge >= 0.3 is 0 Å². The van der Waals surface area contributed by atoms with E-state index in [9.17, 15) is 0 Å². The van der Waals surface area contributed by atoms with E-state index >= 15 is 0 Å². The van der Waals surface area contributed by atoms with E-state index in [1.807, 2.05) is 59.5 Å². The van der Waals surface area contributed by atoms with Gasteiger partial charge in [0.1, 0.15) is 6.07 Å². The van der Waals surface area contributed by atoms with Crippen LogP contribution in [-0.2, 0) is 0 Å². The molecule has 0 radical (unpaired) electrons. The van der Waals surface area contributed by atoms with Crippen LogP contribution in [0.4, 0.5) is 28.4 Å². The normalized spacial score (nSPS) is 10.2. The fraction of sp³-hybridized carbons (Fsp3) is 0. The Kier molecular flexibility index (Phi) is 4.28. The molecule has 0 saturated carbocycles. The highest BCUT2D eigenvalue weighted by atomic mass is 35.5. The van der Waals surface area contributed by atoms with Gasteiger partial charge in [0.15, 0.2) is 0 Å². The molecule has 3 aromatic carbocycles. The molecular formula is C19H15ClN4. The molecule has 0 amide bonds. The lowest BCUT2D eigenvalue weighted by Gasteiger charge is -2.28. The van der Waals surface area contributed by atoms with Gasteiger partial charge in [-0.05, 0) is 42.5 Å². The molecule has 0 unspecified atom stereocenters. The zero-order valence-electron chi connectivity index (χ0n) is 12.8. The first-order valence-electron chi connectivity index (χ1n) is 7.30. The van der Waals surface area contributed by atoms with E-state index in [4.69, 9.17) is 28.3 Å². The Hall–Kier alpha value is -3.16. The van der Waals surface area contributed by atoms with Gasteiger partial charge in [-0.25, -0.2) is 0 Å². The number of para-hydroxylation sites is 4. The number of anilines is 5. The van der Waals surface area contributed by atoms with Crippen molar-refractivity contribution in [3.05, 3.63) is 77.3 Å². The molecule has 0 bridgehead atoms. The van der Waals surface area contributed by atoms with Crippen LogP contribution in [0.2, 0.25) is 5.02 Å². The zero-order valence-corrected chi connectivity index (χ0v) is 13.5. The molecule has 0 spiro atoms. The fourth-order valence-electron chi connectivity index (χ4n) is 2.52. The van der Waals surface area contributed by atoms with Gasteiger partial charge < -0.3 is 16.4 Å². The summed E-state index contributed by atoms with van der Waals surface area (Å²) in [6.07, 6.45) is 0. The van der Waals surface area contributed by atoms with Gasteiger partial charge in [0.2, 0.25) is 0 Å².